The first-order valence-corrected chi connectivity index (χ1v) is 5.26. The minimum atomic E-state index is -4.56. The Bertz CT molecular complexity index is 423. The Morgan fingerprint density at radius 1 is 1.40 bits per heavy atom. The van der Waals surface area contributed by atoms with Gasteiger partial charge in [-0.3, -0.25) is 0 Å². The van der Waals surface area contributed by atoms with Gasteiger partial charge in [-0.15, -0.1) is 0 Å². The van der Waals surface area contributed by atoms with Crippen LogP contribution >= 0.6 is 27.5 Å². The van der Waals surface area contributed by atoms with E-state index < -0.39 is 17.3 Å². The van der Waals surface area contributed by atoms with Crippen molar-refractivity contribution in [3.8, 4) is 6.07 Å². The predicted octanol–water partition coefficient (Wildman–Crippen LogP) is 4.13. The first kappa shape index (κ1) is 12.3. The van der Waals surface area contributed by atoms with Crippen LogP contribution in [-0.4, -0.2) is 0 Å². The Balaban J connectivity index is 3.47. The standard InChI is InChI=1S/C9H4BrClF3N/c10-3-5-1-2-7(9(12,13)14)6(4-15)8(5)11/h1-2H,3H2. The number of halogens is 5. The van der Waals surface area contributed by atoms with Gasteiger partial charge in [-0.05, 0) is 11.6 Å². The van der Waals surface area contributed by atoms with E-state index in [1.807, 2.05) is 0 Å². The normalized spacial score (nSPS) is 11.2. The molecular weight excluding hydrogens is 294 g/mol. The summed E-state index contributed by atoms with van der Waals surface area (Å²) in [5.74, 6) is 0. The van der Waals surface area contributed by atoms with Gasteiger partial charge in [-0.25, -0.2) is 0 Å². The molecule has 0 N–H and O–H groups in total. The molecule has 0 aromatic heterocycles. The van der Waals surface area contributed by atoms with Crippen molar-refractivity contribution in [1.82, 2.24) is 0 Å². The number of hydrogen-bond donors (Lipinski definition) is 0. The van der Waals surface area contributed by atoms with Crippen LogP contribution in [0, 0.1) is 11.3 Å². The molecule has 15 heavy (non-hydrogen) atoms. The molecule has 1 aromatic rings. The van der Waals surface area contributed by atoms with Crippen molar-refractivity contribution in [3.63, 3.8) is 0 Å². The second-order valence-electron chi connectivity index (χ2n) is 2.70. The van der Waals surface area contributed by atoms with Crippen LogP contribution in [0.1, 0.15) is 16.7 Å². The summed E-state index contributed by atoms with van der Waals surface area (Å²) in [4.78, 5) is 0. The highest BCUT2D eigenvalue weighted by Crippen LogP contribution is 2.36. The lowest BCUT2D eigenvalue weighted by atomic mass is 10.0. The highest BCUT2D eigenvalue weighted by Gasteiger charge is 2.34. The van der Waals surface area contributed by atoms with Gasteiger partial charge in [0.15, 0.2) is 0 Å². The minimum Gasteiger partial charge on any atom is -0.192 e. The van der Waals surface area contributed by atoms with Crippen molar-refractivity contribution >= 4 is 27.5 Å². The third-order valence-corrected chi connectivity index (χ3v) is 2.82. The zero-order valence-electron chi connectivity index (χ0n) is 7.20. The summed E-state index contributed by atoms with van der Waals surface area (Å²) >= 11 is 8.74. The summed E-state index contributed by atoms with van der Waals surface area (Å²) in [7, 11) is 0. The molecule has 0 saturated carbocycles. The third-order valence-electron chi connectivity index (χ3n) is 1.78. The molecule has 1 nitrogen and oxygen atoms in total. The third kappa shape index (κ3) is 2.44. The Morgan fingerprint density at radius 3 is 2.40 bits per heavy atom. The second-order valence-corrected chi connectivity index (χ2v) is 3.64. The molecule has 6 heteroatoms. The number of nitriles is 1. The first-order valence-electron chi connectivity index (χ1n) is 3.76. The van der Waals surface area contributed by atoms with E-state index in [9.17, 15) is 13.2 Å². The maximum absolute atomic E-state index is 12.4. The Morgan fingerprint density at radius 2 is 2.00 bits per heavy atom. The summed E-state index contributed by atoms with van der Waals surface area (Å²) < 4.78 is 37.3. The molecule has 0 aliphatic rings. The molecule has 0 spiro atoms. The average molecular weight is 298 g/mol. The van der Waals surface area contributed by atoms with Crippen molar-refractivity contribution < 1.29 is 13.2 Å². The van der Waals surface area contributed by atoms with Crippen molar-refractivity contribution in [2.75, 3.05) is 0 Å². The molecule has 1 aromatic carbocycles. The highest BCUT2D eigenvalue weighted by molar-refractivity contribution is 9.08. The first-order chi connectivity index (χ1) is 6.91. The van der Waals surface area contributed by atoms with Gasteiger partial charge in [0, 0.05) is 5.33 Å². The molecule has 1 rings (SSSR count). The van der Waals surface area contributed by atoms with Crippen molar-refractivity contribution in [1.29, 1.82) is 5.26 Å². The number of nitrogens with zero attached hydrogens (tertiary/aromatic N) is 1. The average Bonchev–Trinajstić information content (AvgIpc) is 2.15. The number of benzene rings is 1. The lowest BCUT2D eigenvalue weighted by Gasteiger charge is -2.11. The van der Waals surface area contributed by atoms with Crippen molar-refractivity contribution in [2.24, 2.45) is 0 Å². The monoisotopic (exact) mass is 297 g/mol. The fraction of sp³-hybridized carbons (Fsp3) is 0.222. The van der Waals surface area contributed by atoms with Crippen molar-refractivity contribution in [2.45, 2.75) is 11.5 Å². The van der Waals surface area contributed by atoms with Crippen LogP contribution in [0.25, 0.3) is 0 Å². The Kier molecular flexibility index (Phi) is 3.63. The van der Waals surface area contributed by atoms with E-state index in [0.29, 0.717) is 10.9 Å². The fourth-order valence-corrected chi connectivity index (χ4v) is 1.97. The molecule has 0 amide bonds. The summed E-state index contributed by atoms with van der Waals surface area (Å²) in [6.45, 7) is 0. The van der Waals surface area contributed by atoms with Crippen molar-refractivity contribution in [3.05, 3.63) is 33.8 Å². The van der Waals surface area contributed by atoms with Crippen LogP contribution < -0.4 is 0 Å². The van der Waals surface area contributed by atoms with Gasteiger partial charge in [0.2, 0.25) is 0 Å². The van der Waals surface area contributed by atoms with E-state index in [1.54, 1.807) is 0 Å². The van der Waals surface area contributed by atoms with Gasteiger partial charge in [-0.1, -0.05) is 33.6 Å². The maximum Gasteiger partial charge on any atom is 0.417 e. The van der Waals surface area contributed by atoms with E-state index in [-0.39, 0.29) is 5.02 Å². The van der Waals surface area contributed by atoms with Crippen LogP contribution in [0.4, 0.5) is 13.2 Å². The zero-order chi connectivity index (χ0) is 11.6. The SMILES string of the molecule is N#Cc1c(C(F)(F)F)ccc(CBr)c1Cl. The fourth-order valence-electron chi connectivity index (χ4n) is 1.07. The van der Waals surface area contributed by atoms with Gasteiger partial charge in [0.1, 0.15) is 6.07 Å². The topological polar surface area (TPSA) is 23.8 Å². The summed E-state index contributed by atoms with van der Waals surface area (Å²) in [5.41, 5.74) is -1.07. The molecule has 0 bridgehead atoms. The molecule has 0 fully saturated rings. The molecule has 0 radical (unpaired) electrons. The second kappa shape index (κ2) is 4.42. The maximum atomic E-state index is 12.4. The Labute approximate surface area is 97.6 Å². The minimum absolute atomic E-state index is 0.149. The van der Waals surface area contributed by atoms with Gasteiger partial charge in [-0.2, -0.15) is 18.4 Å². The van der Waals surface area contributed by atoms with Gasteiger partial charge in [0.05, 0.1) is 16.1 Å². The number of rotatable bonds is 1. The molecule has 0 atom stereocenters. The molecule has 0 heterocycles. The van der Waals surface area contributed by atoms with Crippen LogP contribution in [-0.2, 0) is 11.5 Å². The lowest BCUT2D eigenvalue weighted by Crippen LogP contribution is -2.08. The molecular formula is C9H4BrClF3N. The molecule has 0 aliphatic carbocycles. The number of alkyl halides is 4. The quantitative estimate of drug-likeness (QED) is 0.715. The molecule has 0 saturated heterocycles. The summed E-state index contributed by atoms with van der Waals surface area (Å²) in [6, 6.07) is 3.59. The van der Waals surface area contributed by atoms with E-state index in [1.165, 1.54) is 12.1 Å². The van der Waals surface area contributed by atoms with Gasteiger partial charge < -0.3 is 0 Å². The van der Waals surface area contributed by atoms with E-state index in [4.69, 9.17) is 16.9 Å². The van der Waals surface area contributed by atoms with E-state index in [0.717, 1.165) is 6.07 Å². The molecule has 80 valence electrons. The lowest BCUT2D eigenvalue weighted by molar-refractivity contribution is -0.137. The van der Waals surface area contributed by atoms with Crippen LogP contribution in [0.2, 0.25) is 5.02 Å². The highest BCUT2D eigenvalue weighted by atomic mass is 79.9. The van der Waals surface area contributed by atoms with E-state index in [2.05, 4.69) is 15.9 Å². The van der Waals surface area contributed by atoms with Gasteiger partial charge in [0.25, 0.3) is 0 Å². The smallest absolute Gasteiger partial charge is 0.192 e. The van der Waals surface area contributed by atoms with Gasteiger partial charge >= 0.3 is 6.18 Å². The Hall–Kier alpha value is -0.730. The van der Waals surface area contributed by atoms with Crippen LogP contribution in [0.5, 0.6) is 0 Å². The summed E-state index contributed by atoms with van der Waals surface area (Å²) in [6.07, 6.45) is -4.56. The van der Waals surface area contributed by atoms with E-state index >= 15 is 0 Å². The molecule has 0 unspecified atom stereocenters. The van der Waals surface area contributed by atoms with Crippen LogP contribution in [0.3, 0.4) is 0 Å². The summed E-state index contributed by atoms with van der Waals surface area (Å²) in [5, 5.41) is 8.79. The number of hydrogen-bond acceptors (Lipinski definition) is 1. The van der Waals surface area contributed by atoms with Crippen LogP contribution in [0.15, 0.2) is 12.1 Å². The molecule has 0 aliphatic heterocycles. The predicted molar refractivity (Wildman–Crippen MR) is 53.8 cm³/mol. The zero-order valence-corrected chi connectivity index (χ0v) is 9.54. The largest absolute Gasteiger partial charge is 0.417 e.